The maximum Gasteiger partial charge on any atom is 0.317 e. The van der Waals surface area contributed by atoms with Crippen LogP contribution in [0.3, 0.4) is 0 Å². The number of nitrogens with zero attached hydrogens (tertiary/aromatic N) is 3. The van der Waals surface area contributed by atoms with Crippen LogP contribution in [0.1, 0.15) is 18.9 Å². The average molecular weight is 326 g/mol. The maximum absolute atomic E-state index is 12.3. The van der Waals surface area contributed by atoms with Gasteiger partial charge in [0.05, 0.1) is 6.54 Å². The lowest BCUT2D eigenvalue weighted by Gasteiger charge is -2.28. The van der Waals surface area contributed by atoms with Crippen molar-refractivity contribution in [1.29, 1.82) is 0 Å². The monoisotopic (exact) mass is 326 g/mol. The van der Waals surface area contributed by atoms with E-state index < -0.39 is 0 Å². The van der Waals surface area contributed by atoms with Gasteiger partial charge in [-0.1, -0.05) is 18.2 Å². The Hall–Kier alpha value is -2.76. The second kappa shape index (κ2) is 7.21. The molecule has 1 aliphatic heterocycles. The van der Waals surface area contributed by atoms with Crippen molar-refractivity contribution in [1.82, 2.24) is 20.0 Å². The molecule has 0 aliphatic carbocycles. The Labute approximate surface area is 141 Å². The number of hydrogen-bond acceptors (Lipinski definition) is 3. The lowest BCUT2D eigenvalue weighted by molar-refractivity contribution is 0.198. The van der Waals surface area contributed by atoms with Crippen LogP contribution < -0.4 is 5.32 Å². The maximum atomic E-state index is 12.3. The lowest BCUT2D eigenvalue weighted by Crippen LogP contribution is -2.46. The van der Waals surface area contributed by atoms with Crippen molar-refractivity contribution in [2.24, 2.45) is 0 Å². The van der Waals surface area contributed by atoms with Gasteiger partial charge in [-0.3, -0.25) is 4.68 Å². The quantitative estimate of drug-likeness (QED) is 0.907. The molecule has 2 amide bonds. The molecule has 0 saturated heterocycles. The summed E-state index contributed by atoms with van der Waals surface area (Å²) in [5.74, 6) is 0.266. The van der Waals surface area contributed by atoms with Crippen molar-refractivity contribution < 1.29 is 9.90 Å². The smallest absolute Gasteiger partial charge is 0.317 e. The van der Waals surface area contributed by atoms with Gasteiger partial charge in [0.25, 0.3) is 0 Å². The number of carbonyl (C=O) groups excluding carboxylic acids is 1. The van der Waals surface area contributed by atoms with Gasteiger partial charge in [-0.15, -0.1) is 0 Å². The summed E-state index contributed by atoms with van der Waals surface area (Å²) in [5, 5.41) is 16.5. The van der Waals surface area contributed by atoms with Gasteiger partial charge in [0, 0.05) is 31.5 Å². The minimum atomic E-state index is -0.0457. The minimum absolute atomic E-state index is 0.0138. The standard InChI is InChI=1S/C18H22N4O2/c1-14(13-22-10-2-9-19-22)20-18(24)21-11-7-16(8-12-21)15-3-5-17(23)6-4-15/h2-7,9-10,14,23H,8,11-13H2,1H3,(H,20,24)/t14-/m0/s1. The van der Waals surface area contributed by atoms with Gasteiger partial charge in [-0.25, -0.2) is 4.79 Å². The minimum Gasteiger partial charge on any atom is -0.508 e. The fourth-order valence-corrected chi connectivity index (χ4v) is 2.83. The van der Waals surface area contributed by atoms with Crippen LogP contribution in [-0.2, 0) is 6.54 Å². The number of benzene rings is 1. The Bertz CT molecular complexity index is 707. The van der Waals surface area contributed by atoms with E-state index in [0.717, 1.165) is 12.0 Å². The van der Waals surface area contributed by atoms with E-state index in [0.29, 0.717) is 19.6 Å². The first-order chi connectivity index (χ1) is 11.6. The second-order valence-corrected chi connectivity index (χ2v) is 6.05. The average Bonchev–Trinajstić information content (AvgIpc) is 3.08. The highest BCUT2D eigenvalue weighted by Gasteiger charge is 2.19. The topological polar surface area (TPSA) is 70.4 Å². The number of aromatic hydroxyl groups is 1. The van der Waals surface area contributed by atoms with Crippen LogP contribution in [0.25, 0.3) is 5.57 Å². The van der Waals surface area contributed by atoms with Gasteiger partial charge in [0.2, 0.25) is 0 Å². The molecule has 0 fully saturated rings. The van der Waals surface area contributed by atoms with Crippen molar-refractivity contribution in [2.45, 2.75) is 25.9 Å². The third kappa shape index (κ3) is 3.95. The molecule has 2 N–H and O–H groups in total. The number of carbonyl (C=O) groups is 1. The van der Waals surface area contributed by atoms with Crippen LogP contribution in [-0.4, -0.2) is 44.9 Å². The van der Waals surface area contributed by atoms with Gasteiger partial charge < -0.3 is 15.3 Å². The van der Waals surface area contributed by atoms with E-state index in [9.17, 15) is 9.90 Å². The van der Waals surface area contributed by atoms with E-state index in [1.54, 1.807) is 18.3 Å². The van der Waals surface area contributed by atoms with Crippen molar-refractivity contribution in [3.05, 3.63) is 54.4 Å². The normalized spacial score (nSPS) is 15.7. The largest absolute Gasteiger partial charge is 0.508 e. The zero-order valence-corrected chi connectivity index (χ0v) is 13.7. The number of aromatic nitrogens is 2. The SMILES string of the molecule is C[C@@H](Cn1cccn1)NC(=O)N1CC=C(c2ccc(O)cc2)CC1. The van der Waals surface area contributed by atoms with Crippen LogP contribution in [0.4, 0.5) is 4.79 Å². The third-order valence-electron chi connectivity index (χ3n) is 4.12. The first kappa shape index (κ1) is 16.1. The molecule has 0 spiro atoms. The van der Waals surface area contributed by atoms with Crippen LogP contribution in [0, 0.1) is 0 Å². The molecule has 6 heteroatoms. The Kier molecular flexibility index (Phi) is 4.84. The Morgan fingerprint density at radius 3 is 2.79 bits per heavy atom. The van der Waals surface area contributed by atoms with Crippen LogP contribution in [0.15, 0.2) is 48.8 Å². The van der Waals surface area contributed by atoms with Gasteiger partial charge in [-0.05, 0) is 42.7 Å². The molecule has 1 aromatic carbocycles. The summed E-state index contributed by atoms with van der Waals surface area (Å²) in [6.45, 7) is 3.91. The van der Waals surface area contributed by atoms with Crippen molar-refractivity contribution in [3.8, 4) is 5.75 Å². The molecule has 0 radical (unpaired) electrons. The van der Waals surface area contributed by atoms with Crippen molar-refractivity contribution in [3.63, 3.8) is 0 Å². The lowest BCUT2D eigenvalue weighted by atomic mass is 9.99. The number of urea groups is 1. The molecule has 1 atom stereocenters. The van der Waals surface area contributed by atoms with Gasteiger partial charge >= 0.3 is 6.03 Å². The Balaban J connectivity index is 1.53. The highest BCUT2D eigenvalue weighted by Crippen LogP contribution is 2.24. The first-order valence-corrected chi connectivity index (χ1v) is 8.13. The summed E-state index contributed by atoms with van der Waals surface area (Å²) in [7, 11) is 0. The summed E-state index contributed by atoms with van der Waals surface area (Å²) in [4.78, 5) is 14.2. The number of nitrogens with one attached hydrogen (secondary N) is 1. The van der Waals surface area contributed by atoms with E-state index >= 15 is 0 Å². The Morgan fingerprint density at radius 1 is 1.38 bits per heavy atom. The Morgan fingerprint density at radius 2 is 2.17 bits per heavy atom. The molecular formula is C18H22N4O2. The zero-order valence-electron chi connectivity index (χ0n) is 13.7. The van der Waals surface area contributed by atoms with Crippen LogP contribution in [0.2, 0.25) is 0 Å². The van der Waals surface area contributed by atoms with E-state index in [4.69, 9.17) is 0 Å². The fourth-order valence-electron chi connectivity index (χ4n) is 2.83. The summed E-state index contributed by atoms with van der Waals surface area (Å²) < 4.78 is 1.81. The predicted octanol–water partition coefficient (Wildman–Crippen LogP) is 2.48. The molecular weight excluding hydrogens is 304 g/mol. The zero-order chi connectivity index (χ0) is 16.9. The second-order valence-electron chi connectivity index (χ2n) is 6.05. The highest BCUT2D eigenvalue weighted by molar-refractivity contribution is 5.77. The fraction of sp³-hybridized carbons (Fsp3) is 0.333. The number of phenols is 1. The van der Waals surface area contributed by atoms with Gasteiger partial charge in [0.1, 0.15) is 5.75 Å². The molecule has 6 nitrogen and oxygen atoms in total. The van der Waals surface area contributed by atoms with Crippen molar-refractivity contribution in [2.75, 3.05) is 13.1 Å². The highest BCUT2D eigenvalue weighted by atomic mass is 16.3. The molecule has 24 heavy (non-hydrogen) atoms. The number of hydrogen-bond donors (Lipinski definition) is 2. The first-order valence-electron chi connectivity index (χ1n) is 8.13. The molecule has 3 rings (SSSR count). The predicted molar refractivity (Wildman–Crippen MR) is 92.5 cm³/mol. The van der Waals surface area contributed by atoms with E-state index in [1.165, 1.54) is 5.57 Å². The van der Waals surface area contributed by atoms with Crippen LogP contribution in [0.5, 0.6) is 5.75 Å². The van der Waals surface area contributed by atoms with Crippen molar-refractivity contribution >= 4 is 11.6 Å². The number of amides is 2. The summed E-state index contributed by atoms with van der Waals surface area (Å²) in [5.41, 5.74) is 2.31. The van der Waals surface area contributed by atoms with Gasteiger partial charge in [0.15, 0.2) is 0 Å². The molecule has 0 unspecified atom stereocenters. The van der Waals surface area contributed by atoms with Gasteiger partial charge in [-0.2, -0.15) is 5.10 Å². The molecule has 2 aromatic rings. The number of phenolic OH excluding ortho intramolecular Hbond substituents is 1. The summed E-state index contributed by atoms with van der Waals surface area (Å²) in [6, 6.07) is 9.02. The van der Waals surface area contributed by atoms with E-state index in [2.05, 4.69) is 16.5 Å². The third-order valence-corrected chi connectivity index (χ3v) is 4.12. The van der Waals surface area contributed by atoms with Crippen LogP contribution >= 0.6 is 0 Å². The molecule has 2 heterocycles. The summed E-state index contributed by atoms with van der Waals surface area (Å²) in [6.07, 6.45) is 6.50. The molecule has 1 aliphatic rings. The van der Waals surface area contributed by atoms with E-state index in [-0.39, 0.29) is 17.8 Å². The molecule has 0 saturated carbocycles. The molecule has 0 bridgehead atoms. The van der Waals surface area contributed by atoms with E-state index in [1.807, 2.05) is 40.9 Å². The molecule has 1 aromatic heterocycles. The number of rotatable bonds is 4. The summed E-state index contributed by atoms with van der Waals surface area (Å²) >= 11 is 0. The molecule has 126 valence electrons.